The molecule has 1 saturated heterocycles. The van der Waals surface area contributed by atoms with Crippen molar-refractivity contribution in [1.29, 1.82) is 0 Å². The number of hydrogen-bond donors (Lipinski definition) is 2. The number of nitrogens with zero attached hydrogens (tertiary/aromatic N) is 2. The van der Waals surface area contributed by atoms with E-state index < -0.39 is 0 Å². The zero-order valence-electron chi connectivity index (χ0n) is 34.3. The maximum absolute atomic E-state index is 15.2. The van der Waals surface area contributed by atoms with Gasteiger partial charge in [0.2, 0.25) is 11.7 Å². The van der Waals surface area contributed by atoms with E-state index in [0.29, 0.717) is 78.1 Å². The smallest absolute Gasteiger partial charge is 0.229 e. The van der Waals surface area contributed by atoms with Crippen LogP contribution in [-0.2, 0) is 4.79 Å². The number of hydrogen-bond acceptors (Lipinski definition) is 6. The summed E-state index contributed by atoms with van der Waals surface area (Å²) in [5, 5.41) is 15.2. The van der Waals surface area contributed by atoms with Gasteiger partial charge < -0.3 is 34.4 Å². The monoisotopic (exact) mass is 749 g/mol. The van der Waals surface area contributed by atoms with Crippen LogP contribution in [0.4, 0.5) is 5.69 Å². The summed E-state index contributed by atoms with van der Waals surface area (Å²) in [7, 11) is 4.81. The Balaban J connectivity index is 1.11. The molecule has 1 amide bonds. The van der Waals surface area contributed by atoms with E-state index in [9.17, 15) is 5.11 Å². The number of nitrogens with one attached hydrogen (secondary N) is 1. The average Bonchev–Trinajstić information content (AvgIpc) is 3.14. The van der Waals surface area contributed by atoms with Crippen LogP contribution >= 0.6 is 12.2 Å². The molecule has 1 heterocycles. The lowest BCUT2D eigenvalue weighted by Gasteiger charge is -2.71. The van der Waals surface area contributed by atoms with Crippen LogP contribution in [0.2, 0.25) is 0 Å². The normalized spacial score (nSPS) is 40.4. The molecule has 0 spiro atoms. The second-order valence-corrected chi connectivity index (χ2v) is 19.7. The molecule has 0 aromatic heterocycles. The summed E-state index contributed by atoms with van der Waals surface area (Å²) in [4.78, 5) is 19.5. The number of benzene rings is 1. The number of methoxy groups -OCH3 is 3. The average molecular weight is 750 g/mol. The molecule has 8 nitrogen and oxygen atoms in total. The molecule has 53 heavy (non-hydrogen) atoms. The van der Waals surface area contributed by atoms with E-state index in [-0.39, 0.29) is 39.1 Å². The molecule has 6 aliphatic rings. The first-order valence-corrected chi connectivity index (χ1v) is 21.0. The van der Waals surface area contributed by atoms with Crippen LogP contribution in [0.3, 0.4) is 0 Å². The van der Waals surface area contributed by atoms with E-state index in [1.54, 1.807) is 26.9 Å². The van der Waals surface area contributed by atoms with Crippen LogP contribution in [0.15, 0.2) is 23.8 Å². The van der Waals surface area contributed by atoms with E-state index in [0.717, 1.165) is 50.6 Å². The second-order valence-electron chi connectivity index (χ2n) is 19.3. The fraction of sp³-hybridized carbons (Fsp3) is 0.773. The molecule has 4 saturated carbocycles. The Labute approximate surface area is 324 Å². The van der Waals surface area contributed by atoms with E-state index in [1.165, 1.54) is 12.8 Å². The van der Waals surface area contributed by atoms with Crippen molar-refractivity contribution in [3.05, 3.63) is 23.8 Å². The van der Waals surface area contributed by atoms with Crippen molar-refractivity contribution in [2.45, 2.75) is 112 Å². The van der Waals surface area contributed by atoms with Gasteiger partial charge >= 0.3 is 0 Å². The maximum atomic E-state index is 15.2. The van der Waals surface area contributed by atoms with E-state index in [4.69, 9.17) is 26.4 Å². The molecular formula is C44H67N3O5S. The Hall–Kier alpha value is -2.52. The van der Waals surface area contributed by atoms with Crippen LogP contribution in [0.1, 0.15) is 106 Å². The molecule has 294 valence electrons. The molecule has 7 rings (SSSR count). The highest BCUT2D eigenvalue weighted by Gasteiger charge is 2.69. The first-order chi connectivity index (χ1) is 25.0. The van der Waals surface area contributed by atoms with Crippen molar-refractivity contribution in [3.63, 3.8) is 0 Å². The van der Waals surface area contributed by atoms with Crippen molar-refractivity contribution in [2.24, 2.45) is 56.7 Å². The number of amides is 1. The summed E-state index contributed by atoms with van der Waals surface area (Å²) in [5.41, 5.74) is 2.48. The van der Waals surface area contributed by atoms with Crippen LogP contribution < -0.4 is 19.5 Å². The highest BCUT2D eigenvalue weighted by atomic mass is 32.1. The maximum Gasteiger partial charge on any atom is 0.229 e. The molecular weight excluding hydrogens is 683 g/mol. The highest BCUT2D eigenvalue weighted by molar-refractivity contribution is 7.80. The summed E-state index contributed by atoms with van der Waals surface area (Å²) in [5.74, 6) is 4.54. The number of allylic oxidation sites excluding steroid dienone is 2. The largest absolute Gasteiger partial charge is 0.493 e. The number of fused-ring (bicyclic) bond motifs is 7. The summed E-state index contributed by atoms with van der Waals surface area (Å²) in [6.07, 6.45) is 12.2. The molecule has 10 atom stereocenters. The summed E-state index contributed by atoms with van der Waals surface area (Å²) in [6, 6.07) is 3.73. The van der Waals surface area contributed by atoms with Crippen molar-refractivity contribution >= 4 is 28.9 Å². The lowest BCUT2D eigenvalue weighted by Crippen LogP contribution is -2.66. The van der Waals surface area contributed by atoms with Gasteiger partial charge in [0.15, 0.2) is 16.6 Å². The van der Waals surface area contributed by atoms with E-state index >= 15 is 4.79 Å². The van der Waals surface area contributed by atoms with Gasteiger partial charge in [0.1, 0.15) is 0 Å². The van der Waals surface area contributed by atoms with Gasteiger partial charge in [0.25, 0.3) is 0 Å². The molecule has 2 N–H and O–H groups in total. The third kappa shape index (κ3) is 5.65. The number of aliphatic hydroxyl groups is 1. The number of anilines is 1. The Morgan fingerprint density at radius 3 is 2.09 bits per heavy atom. The zero-order chi connectivity index (χ0) is 38.3. The van der Waals surface area contributed by atoms with Crippen molar-refractivity contribution < 1.29 is 24.1 Å². The number of thiocarbonyl (C=S) groups is 1. The van der Waals surface area contributed by atoms with E-state index in [2.05, 4.69) is 69.7 Å². The highest BCUT2D eigenvalue weighted by Crippen LogP contribution is 2.76. The van der Waals surface area contributed by atoms with Crippen molar-refractivity contribution in [1.82, 2.24) is 9.80 Å². The first kappa shape index (κ1) is 38.7. The van der Waals surface area contributed by atoms with Crippen molar-refractivity contribution in [2.75, 3.05) is 52.8 Å². The number of piperazine rings is 1. The van der Waals surface area contributed by atoms with Gasteiger partial charge in [-0.15, -0.1) is 0 Å². The first-order valence-electron chi connectivity index (χ1n) is 20.6. The van der Waals surface area contributed by atoms with Crippen LogP contribution in [0.5, 0.6) is 17.2 Å². The number of carbonyl (C=O) groups excluding carboxylic acids is 1. The molecule has 1 aromatic rings. The van der Waals surface area contributed by atoms with Gasteiger partial charge in [-0.25, -0.2) is 0 Å². The zero-order valence-corrected chi connectivity index (χ0v) is 35.1. The lowest BCUT2D eigenvalue weighted by molar-refractivity contribution is -0.205. The molecule has 0 radical (unpaired) electrons. The number of rotatable bonds is 5. The predicted molar refractivity (Wildman–Crippen MR) is 215 cm³/mol. The Kier molecular flexibility index (Phi) is 9.94. The summed E-state index contributed by atoms with van der Waals surface area (Å²) < 4.78 is 16.6. The fourth-order valence-electron chi connectivity index (χ4n) is 13.6. The SMILES string of the molecule is COc1cc(NC(=S)N2CCN(C(=O)[C@]34CC[C@@H](C)[C@H](C)[C@H]3C3=CC[C@@H]5[C@@]6(C)CC[C@H](O)C(C)(C)[C@@H]6CC[C@@]5(C)[C@]3(C)CC4)CC2)cc(OC)c1OC. The Bertz CT molecular complexity index is 1610. The van der Waals surface area contributed by atoms with Crippen LogP contribution in [0.25, 0.3) is 0 Å². The fourth-order valence-corrected chi connectivity index (χ4v) is 13.9. The third-order valence-electron chi connectivity index (χ3n) is 17.2. The Morgan fingerprint density at radius 1 is 0.830 bits per heavy atom. The van der Waals surface area contributed by atoms with Gasteiger partial charge in [0, 0.05) is 44.0 Å². The van der Waals surface area contributed by atoms with Gasteiger partial charge in [-0.2, -0.15) is 0 Å². The van der Waals surface area contributed by atoms with Gasteiger partial charge in [-0.1, -0.05) is 60.1 Å². The number of carbonyl (C=O) groups is 1. The third-order valence-corrected chi connectivity index (χ3v) is 17.5. The van der Waals surface area contributed by atoms with Crippen LogP contribution in [0, 0.1) is 56.7 Å². The second kappa shape index (κ2) is 13.6. The molecule has 9 heteroatoms. The minimum absolute atomic E-state index is 0.0543. The molecule has 5 fully saturated rings. The lowest BCUT2D eigenvalue weighted by atomic mass is 9.33. The van der Waals surface area contributed by atoms with Crippen molar-refractivity contribution in [3.8, 4) is 17.2 Å². The number of ether oxygens (including phenoxy) is 3. The summed E-state index contributed by atoms with van der Waals surface area (Å²) >= 11 is 5.90. The van der Waals surface area contributed by atoms with Gasteiger partial charge in [-0.3, -0.25) is 4.79 Å². The molecule has 0 unspecified atom stereocenters. The molecule has 0 bridgehead atoms. The molecule has 5 aliphatic carbocycles. The van der Waals surface area contributed by atoms with Crippen LogP contribution in [-0.4, -0.2) is 79.5 Å². The minimum atomic E-state index is -0.338. The van der Waals surface area contributed by atoms with E-state index in [1.807, 2.05) is 12.1 Å². The van der Waals surface area contributed by atoms with Gasteiger partial charge in [0.05, 0.1) is 32.8 Å². The standard InChI is InChI=1S/C44H67N3O5S/c1-27-13-18-44(38(49)46-21-23-47(24-22-46)39(53)45-29-25-31(50-8)37(52-10)32(26-29)51-9)20-19-42(6)30(36(44)28(27)2)11-12-34-41(5)16-15-35(48)40(3,4)33(41)14-17-43(34,42)7/h11,25-28,33-36,48H,12-24H2,1-10H3,(H,45,53)/t27-,28+,33+,34-,35+,36+,41+,42-,43-,44+/m1/s1. The minimum Gasteiger partial charge on any atom is -0.493 e. The van der Waals surface area contributed by atoms with Gasteiger partial charge in [-0.05, 0) is 121 Å². The molecule has 1 aromatic carbocycles. The quantitative estimate of drug-likeness (QED) is 0.229. The number of aliphatic hydroxyl groups excluding tert-OH is 1. The topological polar surface area (TPSA) is 83.5 Å². The predicted octanol–water partition coefficient (Wildman–Crippen LogP) is 8.57. The Morgan fingerprint density at radius 2 is 1.47 bits per heavy atom. The summed E-state index contributed by atoms with van der Waals surface area (Å²) in [6.45, 7) is 20.1. The molecule has 1 aliphatic heterocycles.